The molecule has 1 N–H and O–H groups in total. The Morgan fingerprint density at radius 1 is 0.547 bits per heavy atom. The minimum atomic E-state index is -0.137. The zero-order valence-electron chi connectivity index (χ0n) is 40.0. The molecule has 0 saturated carbocycles. The summed E-state index contributed by atoms with van der Waals surface area (Å²) in [5, 5.41) is 12.3. The molecule has 64 heavy (non-hydrogen) atoms. The average molecular weight is 844 g/mol. The molecule has 0 spiro atoms. The van der Waals surface area contributed by atoms with Gasteiger partial charge in [0.2, 0.25) is 0 Å². The zero-order valence-corrected chi connectivity index (χ0v) is 40.0. The van der Waals surface area contributed by atoms with E-state index < -0.39 is 0 Å². The number of hydrogen-bond acceptors (Lipinski definition) is 3. The van der Waals surface area contributed by atoms with Crippen LogP contribution in [0.5, 0.6) is 5.75 Å². The van der Waals surface area contributed by atoms with Crippen molar-refractivity contribution in [2.24, 2.45) is 0 Å². The van der Waals surface area contributed by atoms with Crippen molar-refractivity contribution >= 4 is 11.0 Å². The molecule has 0 saturated heterocycles. The summed E-state index contributed by atoms with van der Waals surface area (Å²) >= 11 is 0. The lowest BCUT2D eigenvalue weighted by Crippen LogP contribution is -2.11. The number of phenolic OH excluding ortho intramolecular Hbond substituents is 1. The first kappa shape index (κ1) is 44.4. The largest absolute Gasteiger partial charge is 0.507 e. The predicted octanol–water partition coefficient (Wildman–Crippen LogP) is 16.8. The number of pyridine rings is 1. The summed E-state index contributed by atoms with van der Waals surface area (Å²) in [7, 11) is 0. The van der Waals surface area contributed by atoms with Crippen LogP contribution in [0.4, 0.5) is 0 Å². The molecule has 0 amide bonds. The number of benzene rings is 6. The Morgan fingerprint density at radius 2 is 1.23 bits per heavy atom. The summed E-state index contributed by atoms with van der Waals surface area (Å²) in [5.41, 5.74) is 18.2. The van der Waals surface area contributed by atoms with Crippen LogP contribution in [0.25, 0.3) is 72.7 Å². The van der Waals surface area contributed by atoms with E-state index in [0.29, 0.717) is 5.92 Å². The third-order valence-electron chi connectivity index (χ3n) is 13.2. The van der Waals surface area contributed by atoms with Gasteiger partial charge in [-0.05, 0) is 134 Å². The molecule has 0 aliphatic carbocycles. The van der Waals surface area contributed by atoms with E-state index in [1.807, 2.05) is 6.20 Å². The molecule has 0 radical (unpaired) electrons. The van der Waals surface area contributed by atoms with Crippen molar-refractivity contribution < 1.29 is 5.11 Å². The number of rotatable bonds is 10. The normalized spacial score (nSPS) is 12.7. The van der Waals surface area contributed by atoms with E-state index in [4.69, 9.17) is 9.97 Å². The van der Waals surface area contributed by atoms with Crippen molar-refractivity contribution in [2.75, 3.05) is 0 Å². The highest BCUT2D eigenvalue weighted by Crippen LogP contribution is 2.45. The Hall–Kier alpha value is -6.26. The molecule has 2 heterocycles. The van der Waals surface area contributed by atoms with Crippen molar-refractivity contribution in [3.8, 4) is 67.5 Å². The fourth-order valence-electron chi connectivity index (χ4n) is 8.82. The van der Waals surface area contributed by atoms with Crippen LogP contribution in [0.1, 0.15) is 135 Å². The molecular weight excluding hydrogens is 779 g/mol. The third kappa shape index (κ3) is 8.68. The number of aromatic hydroxyl groups is 1. The number of para-hydroxylation sites is 1. The van der Waals surface area contributed by atoms with Crippen molar-refractivity contribution in [1.29, 1.82) is 0 Å². The van der Waals surface area contributed by atoms with Gasteiger partial charge in [-0.25, -0.2) is 4.98 Å². The van der Waals surface area contributed by atoms with E-state index in [-0.39, 0.29) is 28.4 Å². The van der Waals surface area contributed by atoms with Gasteiger partial charge in [0.15, 0.2) is 0 Å². The number of phenols is 1. The van der Waals surface area contributed by atoms with Crippen molar-refractivity contribution in [3.05, 3.63) is 167 Å². The number of aromatic nitrogens is 3. The molecule has 1 unspecified atom stereocenters. The summed E-state index contributed by atoms with van der Waals surface area (Å²) in [6.07, 6.45) is 2.98. The van der Waals surface area contributed by atoms with Crippen molar-refractivity contribution in [3.63, 3.8) is 0 Å². The fraction of sp³-hybridized carbons (Fsp3) is 0.300. The van der Waals surface area contributed by atoms with Gasteiger partial charge in [-0.2, -0.15) is 0 Å². The summed E-state index contributed by atoms with van der Waals surface area (Å²) in [4.78, 5) is 10.6. The second-order valence-electron chi connectivity index (χ2n) is 20.5. The van der Waals surface area contributed by atoms with E-state index >= 15 is 0 Å². The first-order valence-electron chi connectivity index (χ1n) is 23.2. The smallest absolute Gasteiger partial charge is 0.149 e. The zero-order chi connectivity index (χ0) is 45.7. The van der Waals surface area contributed by atoms with Crippen LogP contribution in [0.3, 0.4) is 0 Å². The molecule has 8 aromatic rings. The Bertz CT molecular complexity index is 2960. The maximum atomic E-state index is 12.3. The van der Waals surface area contributed by atoms with Crippen LogP contribution in [0.2, 0.25) is 0 Å². The monoisotopic (exact) mass is 844 g/mol. The highest BCUT2D eigenvalue weighted by molar-refractivity contribution is 5.98. The molecule has 4 heteroatoms. The molecular formula is C60H65N3O. The van der Waals surface area contributed by atoms with Gasteiger partial charge in [0, 0.05) is 22.9 Å². The molecule has 1 atom stereocenters. The number of nitrogens with zero attached hydrogens (tertiary/aromatic N) is 3. The number of fused-ring (bicyclic) bond motifs is 1. The van der Waals surface area contributed by atoms with Gasteiger partial charge in [-0.1, -0.05) is 168 Å². The first-order valence-corrected chi connectivity index (χ1v) is 23.2. The molecule has 0 aliphatic rings. The molecule has 4 nitrogen and oxygen atoms in total. The average Bonchev–Trinajstić information content (AvgIpc) is 3.67. The van der Waals surface area contributed by atoms with Gasteiger partial charge in [0.25, 0.3) is 0 Å². The van der Waals surface area contributed by atoms with E-state index in [1.165, 1.54) is 27.8 Å². The summed E-state index contributed by atoms with van der Waals surface area (Å²) < 4.78 is 2.30. The molecule has 0 fully saturated rings. The molecule has 8 rings (SSSR count). The van der Waals surface area contributed by atoms with Crippen molar-refractivity contribution in [2.45, 2.75) is 118 Å². The quantitative estimate of drug-likeness (QED) is 0.149. The standard InChI is InChI=1S/C60H65N3O/c1-13-39(6)42-24-27-54(51(33-42)41-18-15-14-16-19-41)63-55-21-17-20-49(56(55)62-58(63)52-35-44(37(2)3)34-50(38(4)5)57(52)64)45-30-46(32-48(31-45)60(10,11)12)53-36-43(28-29-61-53)40-22-25-47(26-23-40)59(7,8)9/h14-39,64H,13H2,1-12H3. The van der Waals surface area contributed by atoms with Gasteiger partial charge in [0.05, 0.1) is 28.0 Å². The lowest BCUT2D eigenvalue weighted by molar-refractivity contribution is 0.466. The van der Waals surface area contributed by atoms with Gasteiger partial charge in [0.1, 0.15) is 11.6 Å². The number of hydrogen-bond donors (Lipinski definition) is 1. The topological polar surface area (TPSA) is 50.9 Å². The third-order valence-corrected chi connectivity index (χ3v) is 13.2. The van der Waals surface area contributed by atoms with E-state index in [0.717, 1.165) is 79.2 Å². The molecule has 2 aromatic heterocycles. The van der Waals surface area contributed by atoms with E-state index in [2.05, 4.69) is 221 Å². The van der Waals surface area contributed by atoms with Crippen LogP contribution in [0, 0.1) is 0 Å². The molecule has 326 valence electrons. The Morgan fingerprint density at radius 3 is 1.89 bits per heavy atom. The van der Waals surface area contributed by atoms with Crippen LogP contribution < -0.4 is 0 Å². The van der Waals surface area contributed by atoms with Crippen LogP contribution in [-0.2, 0) is 10.8 Å². The van der Waals surface area contributed by atoms with Gasteiger partial charge < -0.3 is 5.11 Å². The lowest BCUT2D eigenvalue weighted by atomic mass is 9.83. The van der Waals surface area contributed by atoms with Crippen LogP contribution in [-0.4, -0.2) is 19.6 Å². The second-order valence-corrected chi connectivity index (χ2v) is 20.5. The van der Waals surface area contributed by atoms with E-state index in [1.54, 1.807) is 0 Å². The molecule has 0 bridgehead atoms. The maximum Gasteiger partial charge on any atom is 0.149 e. The fourth-order valence-corrected chi connectivity index (χ4v) is 8.82. The molecule has 0 aliphatic heterocycles. The highest BCUT2D eigenvalue weighted by atomic mass is 16.3. The van der Waals surface area contributed by atoms with Crippen molar-refractivity contribution in [1.82, 2.24) is 14.5 Å². The Kier molecular flexibility index (Phi) is 12.0. The SMILES string of the molecule is CCC(C)c1ccc(-n2c(-c3cc(C(C)C)cc(C(C)C)c3O)nc3c(-c4cc(-c5cc(-c6ccc(C(C)(C)C)cc6)ccn5)cc(C(C)(C)C)c4)cccc32)c(-c2ccccc2)c1. The van der Waals surface area contributed by atoms with E-state index in [9.17, 15) is 5.11 Å². The first-order chi connectivity index (χ1) is 30.4. The predicted molar refractivity (Wildman–Crippen MR) is 272 cm³/mol. The molecule has 6 aromatic carbocycles. The Labute approximate surface area is 382 Å². The Balaban J connectivity index is 1.40. The minimum Gasteiger partial charge on any atom is -0.507 e. The summed E-state index contributed by atoms with van der Waals surface area (Å²) in [6, 6.07) is 48.6. The van der Waals surface area contributed by atoms with Gasteiger partial charge in [-0.3, -0.25) is 9.55 Å². The van der Waals surface area contributed by atoms with Crippen LogP contribution in [0.15, 0.2) is 140 Å². The summed E-state index contributed by atoms with van der Waals surface area (Å²) in [6.45, 7) is 26.9. The van der Waals surface area contributed by atoms with Gasteiger partial charge in [-0.15, -0.1) is 0 Å². The second kappa shape index (κ2) is 17.4. The summed E-state index contributed by atoms with van der Waals surface area (Å²) in [5.74, 6) is 1.78. The maximum absolute atomic E-state index is 12.3. The number of imidazole rings is 1. The minimum absolute atomic E-state index is 0.0862. The van der Waals surface area contributed by atoms with Crippen LogP contribution >= 0.6 is 0 Å². The van der Waals surface area contributed by atoms with Gasteiger partial charge >= 0.3 is 0 Å². The highest BCUT2D eigenvalue weighted by Gasteiger charge is 2.26. The lowest BCUT2D eigenvalue weighted by Gasteiger charge is -2.22.